The molecule has 0 unspecified atom stereocenters. The van der Waals surface area contributed by atoms with E-state index >= 15 is 0 Å². The van der Waals surface area contributed by atoms with E-state index in [1.807, 2.05) is 24.3 Å². The van der Waals surface area contributed by atoms with E-state index < -0.39 is 0 Å². The Morgan fingerprint density at radius 1 is 1.37 bits per heavy atom. The molecule has 27 heavy (non-hydrogen) atoms. The fraction of sp³-hybridized carbons (Fsp3) is 0.400. The summed E-state index contributed by atoms with van der Waals surface area (Å²) in [6.07, 6.45) is 2.65. The highest BCUT2D eigenvalue weighted by Gasteiger charge is 2.22. The number of aromatic nitrogens is 1. The summed E-state index contributed by atoms with van der Waals surface area (Å²) < 4.78 is 8.16. The first-order valence-electron chi connectivity index (χ1n) is 9.18. The minimum absolute atomic E-state index is 0.333. The number of amidine groups is 1. The minimum Gasteiger partial charge on any atom is -0.376 e. The lowest BCUT2D eigenvalue weighted by Gasteiger charge is -2.17. The van der Waals surface area contributed by atoms with Crippen molar-refractivity contribution in [3.05, 3.63) is 52.3 Å². The van der Waals surface area contributed by atoms with Crippen LogP contribution in [0.25, 0.3) is 0 Å². The fourth-order valence-electron chi connectivity index (χ4n) is 3.54. The Bertz CT molecular complexity index is 899. The van der Waals surface area contributed by atoms with E-state index in [4.69, 9.17) is 16.3 Å². The molecule has 142 valence electrons. The van der Waals surface area contributed by atoms with Gasteiger partial charge >= 0.3 is 0 Å². The Hall–Kier alpha value is -1.76. The Morgan fingerprint density at radius 3 is 2.96 bits per heavy atom. The van der Waals surface area contributed by atoms with Gasteiger partial charge in [-0.3, -0.25) is 5.43 Å². The van der Waals surface area contributed by atoms with Crippen LogP contribution in [-0.4, -0.2) is 33.9 Å². The van der Waals surface area contributed by atoms with Gasteiger partial charge in [0, 0.05) is 40.9 Å². The quantitative estimate of drug-likeness (QED) is 0.808. The second-order valence-corrected chi connectivity index (χ2v) is 8.29. The number of nitrogens with one attached hydrogen (secondary N) is 1. The van der Waals surface area contributed by atoms with E-state index in [2.05, 4.69) is 40.0 Å². The molecule has 0 radical (unpaired) electrons. The van der Waals surface area contributed by atoms with Gasteiger partial charge in [0.15, 0.2) is 5.17 Å². The van der Waals surface area contributed by atoms with E-state index in [0.29, 0.717) is 11.1 Å². The summed E-state index contributed by atoms with van der Waals surface area (Å²) in [5, 5.41) is 6.05. The second-order valence-electron chi connectivity index (χ2n) is 6.89. The zero-order chi connectivity index (χ0) is 18.8. The Kier molecular flexibility index (Phi) is 5.57. The summed E-state index contributed by atoms with van der Waals surface area (Å²) in [4.78, 5) is 4.58. The van der Waals surface area contributed by atoms with Gasteiger partial charge in [0.25, 0.3) is 0 Å². The fourth-order valence-corrected chi connectivity index (χ4v) is 4.50. The summed E-state index contributed by atoms with van der Waals surface area (Å²) in [6.45, 7) is 6.13. The standard InChI is InChI=1S/C20H23ClN4OS/c1-13-9-18(14(2)25(13)11-17-7-4-8-26-17)19-12-27-20(24-23-19)22-16-6-3-5-15(21)10-16/h3,5-6,9-10,17H,4,7-8,11-12H2,1-2H3,(H,22,24)/t17-/m1/s1. The molecule has 4 rings (SSSR count). The summed E-state index contributed by atoms with van der Waals surface area (Å²) in [7, 11) is 0. The summed E-state index contributed by atoms with van der Waals surface area (Å²) >= 11 is 7.68. The largest absolute Gasteiger partial charge is 0.376 e. The molecular weight excluding hydrogens is 380 g/mol. The van der Waals surface area contributed by atoms with E-state index in [1.54, 1.807) is 11.8 Å². The van der Waals surface area contributed by atoms with Crippen molar-refractivity contribution in [2.45, 2.75) is 39.3 Å². The summed E-state index contributed by atoms with van der Waals surface area (Å²) in [5.41, 5.74) is 8.67. The number of thioether (sulfide) groups is 1. The maximum absolute atomic E-state index is 6.03. The smallest absolute Gasteiger partial charge is 0.182 e. The lowest BCUT2D eigenvalue weighted by Crippen LogP contribution is -2.25. The van der Waals surface area contributed by atoms with Crippen LogP contribution in [0.2, 0.25) is 5.02 Å². The molecule has 1 atom stereocenters. The number of hydrogen-bond acceptors (Lipinski definition) is 4. The molecule has 1 aromatic heterocycles. The van der Waals surface area contributed by atoms with E-state index in [0.717, 1.165) is 41.9 Å². The molecule has 1 aromatic carbocycles. The summed E-state index contributed by atoms with van der Waals surface area (Å²) in [6, 6.07) is 9.74. The number of aliphatic imine (C=N–C) groups is 1. The van der Waals surface area contributed by atoms with Crippen molar-refractivity contribution in [2.75, 3.05) is 12.4 Å². The molecule has 0 bridgehead atoms. The topological polar surface area (TPSA) is 50.9 Å². The van der Waals surface area contributed by atoms with Crippen LogP contribution in [0.15, 0.2) is 40.4 Å². The first-order chi connectivity index (χ1) is 13.1. The lowest BCUT2D eigenvalue weighted by atomic mass is 10.1. The molecule has 2 aliphatic rings. The zero-order valence-electron chi connectivity index (χ0n) is 15.5. The van der Waals surface area contributed by atoms with Crippen molar-refractivity contribution in [1.29, 1.82) is 0 Å². The van der Waals surface area contributed by atoms with Crippen molar-refractivity contribution < 1.29 is 4.74 Å². The van der Waals surface area contributed by atoms with Crippen molar-refractivity contribution in [1.82, 2.24) is 9.99 Å². The molecule has 2 aromatic rings. The van der Waals surface area contributed by atoms with Crippen LogP contribution in [0.5, 0.6) is 0 Å². The highest BCUT2D eigenvalue weighted by atomic mass is 35.5. The maximum atomic E-state index is 6.03. The van der Waals surface area contributed by atoms with Crippen LogP contribution in [0.4, 0.5) is 5.69 Å². The van der Waals surface area contributed by atoms with Gasteiger partial charge in [0.05, 0.1) is 17.5 Å². The number of rotatable bonds is 4. The Balaban J connectivity index is 1.50. The van der Waals surface area contributed by atoms with Crippen molar-refractivity contribution >= 4 is 39.9 Å². The lowest BCUT2D eigenvalue weighted by molar-refractivity contribution is 0.0962. The number of hydrazone groups is 1. The highest BCUT2D eigenvalue weighted by molar-refractivity contribution is 8.14. The number of benzene rings is 1. The number of aryl methyl sites for hydroxylation is 1. The van der Waals surface area contributed by atoms with Crippen molar-refractivity contribution in [2.24, 2.45) is 10.1 Å². The normalized spacial score (nSPS) is 21.4. The van der Waals surface area contributed by atoms with E-state index in [-0.39, 0.29) is 0 Å². The van der Waals surface area contributed by atoms with Gasteiger partial charge < -0.3 is 9.30 Å². The number of halogens is 1. The summed E-state index contributed by atoms with van der Waals surface area (Å²) in [5.74, 6) is 0.788. The third-order valence-electron chi connectivity index (χ3n) is 4.97. The van der Waals surface area contributed by atoms with Crippen LogP contribution in [0.3, 0.4) is 0 Å². The van der Waals surface area contributed by atoms with Gasteiger partial charge in [-0.15, -0.1) is 0 Å². The maximum Gasteiger partial charge on any atom is 0.182 e. The predicted octanol–water partition coefficient (Wildman–Crippen LogP) is 4.67. The van der Waals surface area contributed by atoms with Gasteiger partial charge in [-0.1, -0.05) is 29.4 Å². The molecule has 1 fully saturated rings. The van der Waals surface area contributed by atoms with Crippen molar-refractivity contribution in [3.8, 4) is 0 Å². The van der Waals surface area contributed by atoms with Crippen LogP contribution in [0, 0.1) is 13.8 Å². The van der Waals surface area contributed by atoms with E-state index in [9.17, 15) is 0 Å². The van der Waals surface area contributed by atoms with Crippen LogP contribution in [-0.2, 0) is 11.3 Å². The first kappa shape index (κ1) is 18.6. The zero-order valence-corrected chi connectivity index (χ0v) is 17.1. The van der Waals surface area contributed by atoms with Crippen LogP contribution in [0.1, 0.15) is 29.8 Å². The van der Waals surface area contributed by atoms with Crippen LogP contribution >= 0.6 is 23.4 Å². The molecule has 0 amide bonds. The third kappa shape index (κ3) is 4.23. The second kappa shape index (κ2) is 8.09. The van der Waals surface area contributed by atoms with Gasteiger partial charge in [0.2, 0.25) is 0 Å². The third-order valence-corrected chi connectivity index (χ3v) is 6.07. The van der Waals surface area contributed by atoms with E-state index in [1.165, 1.54) is 23.4 Å². The molecule has 0 spiro atoms. The molecule has 1 N–H and O–H groups in total. The number of ether oxygens (including phenoxy) is 1. The molecular formula is C20H23ClN4OS. The Morgan fingerprint density at radius 2 is 2.26 bits per heavy atom. The molecule has 2 aliphatic heterocycles. The molecule has 7 heteroatoms. The monoisotopic (exact) mass is 402 g/mol. The average molecular weight is 403 g/mol. The predicted molar refractivity (Wildman–Crippen MR) is 114 cm³/mol. The first-order valence-corrected chi connectivity index (χ1v) is 10.5. The van der Waals surface area contributed by atoms with Crippen molar-refractivity contribution in [3.63, 3.8) is 0 Å². The molecule has 3 heterocycles. The number of nitrogens with zero attached hydrogens (tertiary/aromatic N) is 3. The number of hydrogen-bond donors (Lipinski definition) is 1. The molecule has 1 saturated heterocycles. The molecule has 5 nitrogen and oxygen atoms in total. The SMILES string of the molecule is Cc1cc(C2=NNC(=Nc3cccc(Cl)c3)SC2)c(C)n1C[C@H]1CCCO1. The average Bonchev–Trinajstić information content (AvgIpc) is 3.26. The van der Waals surface area contributed by atoms with Gasteiger partial charge in [-0.25, -0.2) is 4.99 Å². The minimum atomic E-state index is 0.333. The Labute approximate surface area is 168 Å². The highest BCUT2D eigenvalue weighted by Crippen LogP contribution is 2.25. The molecule has 0 saturated carbocycles. The van der Waals surface area contributed by atoms with Crippen LogP contribution < -0.4 is 5.43 Å². The van der Waals surface area contributed by atoms with Gasteiger partial charge in [-0.05, 0) is 51.0 Å². The van der Waals surface area contributed by atoms with Gasteiger partial charge in [0.1, 0.15) is 0 Å². The van der Waals surface area contributed by atoms with Gasteiger partial charge in [-0.2, -0.15) is 5.10 Å². The molecule has 0 aliphatic carbocycles.